The highest BCUT2D eigenvalue weighted by Crippen LogP contribution is 2.41. The molecule has 3 aromatic rings. The van der Waals surface area contributed by atoms with Gasteiger partial charge in [0, 0.05) is 21.8 Å². The van der Waals surface area contributed by atoms with Gasteiger partial charge in [0.05, 0.1) is 4.88 Å². The molecule has 0 bridgehead atoms. The van der Waals surface area contributed by atoms with Crippen LogP contribution in [0.4, 0.5) is 0 Å². The zero-order chi connectivity index (χ0) is 14.9. The number of aliphatic hydroxyl groups is 1. The van der Waals surface area contributed by atoms with E-state index in [0.29, 0.717) is 20.5 Å². The molecule has 1 heterocycles. The minimum absolute atomic E-state index is 0.419. The lowest BCUT2D eigenvalue weighted by atomic mass is 9.85. The van der Waals surface area contributed by atoms with Crippen molar-refractivity contribution < 1.29 is 5.11 Å². The van der Waals surface area contributed by atoms with Gasteiger partial charge in [0.25, 0.3) is 0 Å². The summed E-state index contributed by atoms with van der Waals surface area (Å²) < 4.78 is 4.10. The van der Waals surface area contributed by atoms with Crippen molar-refractivity contribution >= 4 is 34.7 Å². The lowest BCUT2D eigenvalue weighted by Crippen LogP contribution is -2.28. The van der Waals surface area contributed by atoms with E-state index in [-0.39, 0.29) is 0 Å². The molecule has 1 unspecified atom stereocenters. The van der Waals surface area contributed by atoms with Crippen molar-refractivity contribution in [3.05, 3.63) is 86.8 Å². The van der Waals surface area contributed by atoms with Crippen LogP contribution in [-0.2, 0) is 5.60 Å². The monoisotopic (exact) mass is 335 g/mol. The highest BCUT2D eigenvalue weighted by molar-refractivity contribution is 7.05. The Morgan fingerprint density at radius 3 is 2.38 bits per heavy atom. The van der Waals surface area contributed by atoms with E-state index in [4.69, 9.17) is 23.2 Å². The number of aromatic nitrogens is 1. The first-order chi connectivity index (χ1) is 10.1. The summed E-state index contributed by atoms with van der Waals surface area (Å²) in [6, 6.07) is 16.3. The second kappa shape index (κ2) is 5.78. The van der Waals surface area contributed by atoms with Gasteiger partial charge >= 0.3 is 0 Å². The molecule has 1 aromatic heterocycles. The van der Waals surface area contributed by atoms with Crippen molar-refractivity contribution in [2.24, 2.45) is 0 Å². The van der Waals surface area contributed by atoms with Crippen LogP contribution >= 0.6 is 34.7 Å². The highest BCUT2D eigenvalue weighted by Gasteiger charge is 2.37. The van der Waals surface area contributed by atoms with Crippen LogP contribution in [0.25, 0.3) is 0 Å². The number of hydrogen-bond donors (Lipinski definition) is 1. The van der Waals surface area contributed by atoms with Crippen molar-refractivity contribution in [1.29, 1.82) is 0 Å². The van der Waals surface area contributed by atoms with Gasteiger partial charge in [0.2, 0.25) is 0 Å². The van der Waals surface area contributed by atoms with Crippen molar-refractivity contribution in [2.75, 3.05) is 0 Å². The van der Waals surface area contributed by atoms with Gasteiger partial charge in [-0.15, -0.1) is 0 Å². The third kappa shape index (κ3) is 2.58. The fourth-order valence-electron chi connectivity index (χ4n) is 2.30. The Hall–Kier alpha value is -1.39. The molecule has 1 atom stereocenters. The standard InChI is InChI=1S/C16H11Cl2NOS/c17-12-6-7-13(14(18)10-12)16(20,15-8-9-19-21-15)11-4-2-1-3-5-11/h1-10,20H. The molecule has 106 valence electrons. The molecule has 0 aliphatic carbocycles. The number of rotatable bonds is 3. The topological polar surface area (TPSA) is 33.1 Å². The third-order valence-corrected chi connectivity index (χ3v) is 4.71. The molecule has 2 aromatic carbocycles. The first kappa shape index (κ1) is 14.5. The Bertz CT molecular complexity index is 746. The largest absolute Gasteiger partial charge is 0.375 e. The van der Waals surface area contributed by atoms with E-state index in [1.807, 2.05) is 30.3 Å². The summed E-state index contributed by atoms with van der Waals surface area (Å²) in [5.74, 6) is 0. The van der Waals surface area contributed by atoms with E-state index < -0.39 is 5.60 Å². The summed E-state index contributed by atoms with van der Waals surface area (Å²) in [6.45, 7) is 0. The van der Waals surface area contributed by atoms with Crippen LogP contribution in [0.1, 0.15) is 16.0 Å². The molecule has 0 radical (unpaired) electrons. The van der Waals surface area contributed by atoms with Gasteiger partial charge < -0.3 is 5.11 Å². The quantitative estimate of drug-likeness (QED) is 0.750. The Balaban J connectivity index is 2.27. The molecule has 0 saturated carbocycles. The summed E-state index contributed by atoms with van der Waals surface area (Å²) in [7, 11) is 0. The van der Waals surface area contributed by atoms with Crippen LogP contribution in [-0.4, -0.2) is 9.48 Å². The normalized spacial score (nSPS) is 13.9. The first-order valence-corrected chi connectivity index (χ1v) is 7.80. The summed E-state index contributed by atoms with van der Waals surface area (Å²) in [5.41, 5.74) is -0.0214. The van der Waals surface area contributed by atoms with Gasteiger partial charge in [-0.25, -0.2) is 4.37 Å². The Morgan fingerprint density at radius 1 is 1.00 bits per heavy atom. The number of halogens is 2. The Kier molecular flexibility index (Phi) is 4.00. The molecule has 0 saturated heterocycles. The molecular weight excluding hydrogens is 325 g/mol. The fourth-order valence-corrected chi connectivity index (χ4v) is 3.56. The van der Waals surface area contributed by atoms with Gasteiger partial charge in [-0.1, -0.05) is 59.6 Å². The molecule has 2 nitrogen and oxygen atoms in total. The average Bonchev–Trinajstić information content (AvgIpc) is 3.02. The Morgan fingerprint density at radius 2 is 1.76 bits per heavy atom. The van der Waals surface area contributed by atoms with Crippen LogP contribution in [0.2, 0.25) is 10.0 Å². The van der Waals surface area contributed by atoms with Crippen molar-refractivity contribution in [3.63, 3.8) is 0 Å². The van der Waals surface area contributed by atoms with Gasteiger partial charge in [0.1, 0.15) is 0 Å². The van der Waals surface area contributed by atoms with Crippen LogP contribution in [0.5, 0.6) is 0 Å². The summed E-state index contributed by atoms with van der Waals surface area (Å²) in [4.78, 5) is 0.706. The van der Waals surface area contributed by atoms with Gasteiger partial charge in [0.15, 0.2) is 5.60 Å². The summed E-state index contributed by atoms with van der Waals surface area (Å²) in [5, 5.41) is 12.4. The van der Waals surface area contributed by atoms with Gasteiger partial charge in [-0.3, -0.25) is 0 Å². The molecule has 3 rings (SSSR count). The molecule has 0 amide bonds. The van der Waals surface area contributed by atoms with Gasteiger partial charge in [-0.05, 0) is 35.3 Å². The van der Waals surface area contributed by atoms with Crippen LogP contribution in [0, 0.1) is 0 Å². The molecule has 1 N–H and O–H groups in total. The lowest BCUT2D eigenvalue weighted by Gasteiger charge is -2.29. The maximum absolute atomic E-state index is 11.4. The second-order valence-corrected chi connectivity index (χ2v) is 6.25. The summed E-state index contributed by atoms with van der Waals surface area (Å²) in [6.07, 6.45) is 1.66. The molecule has 0 fully saturated rings. The molecule has 0 aliphatic heterocycles. The lowest BCUT2D eigenvalue weighted by molar-refractivity contribution is 0.130. The van der Waals surface area contributed by atoms with Crippen molar-refractivity contribution in [3.8, 4) is 0 Å². The van der Waals surface area contributed by atoms with E-state index in [2.05, 4.69) is 4.37 Å². The zero-order valence-electron chi connectivity index (χ0n) is 10.8. The molecule has 5 heteroatoms. The third-order valence-electron chi connectivity index (χ3n) is 3.31. The number of benzene rings is 2. The summed E-state index contributed by atoms with van der Waals surface area (Å²) >= 11 is 13.5. The van der Waals surface area contributed by atoms with Crippen LogP contribution < -0.4 is 0 Å². The van der Waals surface area contributed by atoms with E-state index >= 15 is 0 Å². The smallest absolute Gasteiger partial charge is 0.152 e. The van der Waals surface area contributed by atoms with Crippen molar-refractivity contribution in [2.45, 2.75) is 5.60 Å². The predicted molar refractivity (Wildman–Crippen MR) is 87.1 cm³/mol. The zero-order valence-corrected chi connectivity index (χ0v) is 13.2. The first-order valence-electron chi connectivity index (χ1n) is 6.27. The maximum atomic E-state index is 11.4. The van der Waals surface area contributed by atoms with E-state index in [9.17, 15) is 5.11 Å². The number of nitrogens with zero attached hydrogens (tertiary/aromatic N) is 1. The number of hydrogen-bond acceptors (Lipinski definition) is 3. The SMILES string of the molecule is OC(c1ccccc1)(c1ccns1)c1ccc(Cl)cc1Cl. The molecule has 0 aliphatic rings. The predicted octanol–water partition coefficient (Wildman–Crippen LogP) is 4.73. The van der Waals surface area contributed by atoms with Crippen LogP contribution in [0.3, 0.4) is 0 Å². The fraction of sp³-hybridized carbons (Fsp3) is 0.0625. The molecule has 0 spiro atoms. The maximum Gasteiger partial charge on any atom is 0.152 e. The van der Waals surface area contributed by atoms with E-state index in [0.717, 1.165) is 5.56 Å². The average molecular weight is 336 g/mol. The second-order valence-electron chi connectivity index (χ2n) is 4.58. The minimum atomic E-state index is -1.34. The van der Waals surface area contributed by atoms with E-state index in [1.165, 1.54) is 11.5 Å². The van der Waals surface area contributed by atoms with E-state index in [1.54, 1.807) is 30.5 Å². The molecular formula is C16H11Cl2NOS. The Labute approximate surface area is 136 Å². The minimum Gasteiger partial charge on any atom is -0.375 e. The molecule has 21 heavy (non-hydrogen) atoms. The van der Waals surface area contributed by atoms with Gasteiger partial charge in [-0.2, -0.15) is 0 Å². The highest BCUT2D eigenvalue weighted by atomic mass is 35.5. The van der Waals surface area contributed by atoms with Crippen molar-refractivity contribution in [1.82, 2.24) is 4.37 Å². The van der Waals surface area contributed by atoms with Crippen LogP contribution in [0.15, 0.2) is 60.8 Å².